The Balaban J connectivity index is 2.25. The molecule has 0 bridgehead atoms. The molecule has 1 aromatic carbocycles. The van der Waals surface area contributed by atoms with Gasteiger partial charge in [-0.1, -0.05) is 13.3 Å². The molecular formula is C24H34N2O6. The lowest BCUT2D eigenvalue weighted by Gasteiger charge is -2.20. The summed E-state index contributed by atoms with van der Waals surface area (Å²) in [5.74, 6) is 0.924. The number of hydrogen-bond acceptors (Lipinski definition) is 7. The fourth-order valence-corrected chi connectivity index (χ4v) is 2.67. The molecule has 32 heavy (non-hydrogen) atoms. The van der Waals surface area contributed by atoms with Gasteiger partial charge in [0.1, 0.15) is 22.7 Å². The van der Waals surface area contributed by atoms with Crippen LogP contribution in [0.5, 0.6) is 11.5 Å². The van der Waals surface area contributed by atoms with Gasteiger partial charge < -0.3 is 24.3 Å². The zero-order chi connectivity index (χ0) is 23.9. The van der Waals surface area contributed by atoms with E-state index in [1.165, 1.54) is 0 Å². The molecule has 0 fully saturated rings. The van der Waals surface area contributed by atoms with Crippen LogP contribution in [0.3, 0.4) is 0 Å². The van der Waals surface area contributed by atoms with Gasteiger partial charge in [0.05, 0.1) is 24.4 Å². The molecule has 0 aliphatic rings. The molecule has 1 heterocycles. The maximum absolute atomic E-state index is 12.0. The number of aromatic nitrogens is 1. The number of benzene rings is 1. The summed E-state index contributed by atoms with van der Waals surface area (Å²) in [5.41, 5.74) is 0.0343. The topological polar surface area (TPSA) is 96.0 Å². The fraction of sp³-hybridized carbons (Fsp3) is 0.542. The van der Waals surface area contributed by atoms with Gasteiger partial charge in [-0.25, -0.2) is 9.59 Å². The van der Waals surface area contributed by atoms with E-state index in [1.807, 2.05) is 0 Å². The highest BCUT2D eigenvalue weighted by atomic mass is 16.7. The number of fused-ring (bicyclic) bond motifs is 1. The van der Waals surface area contributed by atoms with E-state index in [0.717, 1.165) is 12.8 Å². The lowest BCUT2D eigenvalue weighted by molar-refractivity contribution is 0.0206. The third kappa shape index (κ3) is 8.61. The number of nitrogens with one attached hydrogen (secondary N) is 1. The molecule has 0 radical (unpaired) electrons. The largest absolute Gasteiger partial charge is 0.514 e. The van der Waals surface area contributed by atoms with Crippen molar-refractivity contribution in [3.63, 3.8) is 0 Å². The highest BCUT2D eigenvalue weighted by Crippen LogP contribution is 2.30. The Hall–Kier alpha value is -3.03. The molecule has 0 saturated heterocycles. The van der Waals surface area contributed by atoms with Crippen molar-refractivity contribution in [3.8, 4) is 11.5 Å². The number of ether oxygens (including phenoxy) is 4. The first-order valence-electron chi connectivity index (χ1n) is 10.8. The molecule has 176 valence electrons. The molecule has 1 N–H and O–H groups in total. The highest BCUT2D eigenvalue weighted by Gasteiger charge is 2.19. The van der Waals surface area contributed by atoms with Gasteiger partial charge in [-0.2, -0.15) is 0 Å². The Labute approximate surface area is 189 Å². The van der Waals surface area contributed by atoms with Crippen molar-refractivity contribution in [1.82, 2.24) is 10.3 Å². The van der Waals surface area contributed by atoms with Gasteiger partial charge in [-0.15, -0.1) is 0 Å². The molecule has 8 heteroatoms. The smallest absolute Gasteiger partial charge is 0.493 e. The van der Waals surface area contributed by atoms with E-state index < -0.39 is 23.5 Å². The number of hydrogen-bond donors (Lipinski definition) is 1. The summed E-state index contributed by atoms with van der Waals surface area (Å²) in [5, 5.41) is 3.41. The summed E-state index contributed by atoms with van der Waals surface area (Å²) in [7, 11) is 0. The number of alkyl carbamates (subject to hydrolysis) is 1. The Bertz CT molecular complexity index is 944. The van der Waals surface area contributed by atoms with E-state index in [4.69, 9.17) is 18.9 Å². The minimum atomic E-state index is -0.781. The average molecular weight is 447 g/mol. The number of pyridine rings is 1. The minimum absolute atomic E-state index is 0.186. The van der Waals surface area contributed by atoms with Crippen molar-refractivity contribution < 1.29 is 28.5 Å². The number of carbonyl (C=O) groups excluding carboxylic acids is 2. The Morgan fingerprint density at radius 3 is 2.31 bits per heavy atom. The van der Waals surface area contributed by atoms with Gasteiger partial charge >= 0.3 is 12.2 Å². The molecule has 1 aromatic heterocycles. The normalized spacial score (nSPS) is 11.7. The zero-order valence-electron chi connectivity index (χ0n) is 20.0. The van der Waals surface area contributed by atoms with Crippen LogP contribution < -0.4 is 14.8 Å². The van der Waals surface area contributed by atoms with Gasteiger partial charge in [0.2, 0.25) is 0 Å². The van der Waals surface area contributed by atoms with Gasteiger partial charge in [0.15, 0.2) is 0 Å². The van der Waals surface area contributed by atoms with E-state index in [1.54, 1.807) is 65.8 Å². The molecule has 0 spiro atoms. The van der Waals surface area contributed by atoms with Crippen LogP contribution in [-0.2, 0) is 16.0 Å². The van der Waals surface area contributed by atoms with Crippen LogP contribution in [0.2, 0.25) is 0 Å². The van der Waals surface area contributed by atoms with E-state index >= 15 is 0 Å². The van der Waals surface area contributed by atoms with Gasteiger partial charge in [0, 0.05) is 11.5 Å². The average Bonchev–Trinajstić information content (AvgIpc) is 2.64. The molecule has 0 aliphatic heterocycles. The number of rotatable bonds is 7. The third-order valence-corrected chi connectivity index (χ3v) is 3.95. The second-order valence-corrected chi connectivity index (χ2v) is 9.41. The monoisotopic (exact) mass is 446 g/mol. The predicted octanol–water partition coefficient (Wildman–Crippen LogP) is 5.75. The number of unbranched alkanes of at least 4 members (excludes halogenated alkanes) is 1. The fourth-order valence-electron chi connectivity index (χ4n) is 2.67. The second kappa shape index (κ2) is 10.5. The van der Waals surface area contributed by atoms with Crippen LogP contribution in [0.25, 0.3) is 10.9 Å². The second-order valence-electron chi connectivity index (χ2n) is 9.41. The molecule has 0 unspecified atom stereocenters. The molecule has 8 nitrogen and oxygen atoms in total. The highest BCUT2D eigenvalue weighted by molar-refractivity contribution is 5.87. The van der Waals surface area contributed by atoms with Gasteiger partial charge in [0.25, 0.3) is 0 Å². The number of amides is 1. The number of nitrogens with zero attached hydrogens (tertiary/aromatic N) is 1. The van der Waals surface area contributed by atoms with Crippen molar-refractivity contribution in [2.24, 2.45) is 0 Å². The Kier molecular flexibility index (Phi) is 8.30. The van der Waals surface area contributed by atoms with Crippen molar-refractivity contribution in [1.29, 1.82) is 0 Å². The standard InChI is InChI=1S/C24H34N2O6/c1-8-9-12-29-20-13-16(15-25-21(27)31-23(2,3)4)26-19-11-10-17(14-18(19)20)30-22(28)32-24(5,6)7/h10-11,13-14H,8-9,12,15H2,1-7H3,(H,25,27). The summed E-state index contributed by atoms with van der Waals surface area (Å²) >= 11 is 0. The number of carbonyl (C=O) groups is 2. The zero-order valence-corrected chi connectivity index (χ0v) is 20.0. The lowest BCUT2D eigenvalue weighted by Crippen LogP contribution is -2.32. The van der Waals surface area contributed by atoms with Gasteiger partial charge in [-0.05, 0) is 66.2 Å². The quantitative estimate of drug-likeness (QED) is 0.328. The van der Waals surface area contributed by atoms with E-state index in [-0.39, 0.29) is 6.54 Å². The van der Waals surface area contributed by atoms with Crippen LogP contribution in [0.4, 0.5) is 9.59 Å². The van der Waals surface area contributed by atoms with E-state index in [0.29, 0.717) is 34.7 Å². The molecule has 0 aliphatic carbocycles. The van der Waals surface area contributed by atoms with Crippen LogP contribution in [-0.4, -0.2) is 35.0 Å². The Morgan fingerprint density at radius 1 is 1.00 bits per heavy atom. The van der Waals surface area contributed by atoms with Crippen molar-refractivity contribution in [2.45, 2.75) is 79.1 Å². The first kappa shape index (κ1) is 25.2. The van der Waals surface area contributed by atoms with Crippen molar-refractivity contribution >= 4 is 23.2 Å². The molecule has 2 rings (SSSR count). The minimum Gasteiger partial charge on any atom is -0.493 e. The van der Waals surface area contributed by atoms with Crippen LogP contribution in [0, 0.1) is 0 Å². The van der Waals surface area contributed by atoms with Crippen molar-refractivity contribution in [3.05, 3.63) is 30.0 Å². The summed E-state index contributed by atoms with van der Waals surface area (Å²) in [6.45, 7) is 13.5. The van der Waals surface area contributed by atoms with Crippen LogP contribution in [0.15, 0.2) is 24.3 Å². The van der Waals surface area contributed by atoms with E-state index in [9.17, 15) is 9.59 Å². The SMILES string of the molecule is CCCCOc1cc(CNC(=O)OC(C)(C)C)nc2ccc(OC(=O)OC(C)(C)C)cc12. The summed E-state index contributed by atoms with van der Waals surface area (Å²) in [6, 6.07) is 6.84. The first-order valence-corrected chi connectivity index (χ1v) is 10.8. The van der Waals surface area contributed by atoms with E-state index in [2.05, 4.69) is 17.2 Å². The molecule has 0 atom stereocenters. The third-order valence-electron chi connectivity index (χ3n) is 3.95. The van der Waals surface area contributed by atoms with Crippen LogP contribution >= 0.6 is 0 Å². The molecule has 0 saturated carbocycles. The summed E-state index contributed by atoms with van der Waals surface area (Å²) in [6.07, 6.45) is 0.581. The summed E-state index contributed by atoms with van der Waals surface area (Å²) < 4.78 is 21.8. The predicted molar refractivity (Wildman–Crippen MR) is 122 cm³/mol. The Morgan fingerprint density at radius 2 is 1.69 bits per heavy atom. The van der Waals surface area contributed by atoms with Crippen molar-refractivity contribution in [2.75, 3.05) is 6.61 Å². The first-order chi connectivity index (χ1) is 14.9. The van der Waals surface area contributed by atoms with Crippen LogP contribution in [0.1, 0.15) is 67.0 Å². The molecular weight excluding hydrogens is 412 g/mol. The summed E-state index contributed by atoms with van der Waals surface area (Å²) in [4.78, 5) is 28.6. The lowest BCUT2D eigenvalue weighted by atomic mass is 10.1. The maximum atomic E-state index is 12.0. The molecule has 1 amide bonds. The van der Waals surface area contributed by atoms with Gasteiger partial charge in [-0.3, -0.25) is 4.98 Å². The maximum Gasteiger partial charge on any atom is 0.514 e. The molecule has 2 aromatic rings.